The monoisotopic (exact) mass is 470 g/mol. The van der Waals surface area contributed by atoms with Crippen LogP contribution in [0.15, 0.2) is 48.0 Å². The molecule has 180 valence electrons. The van der Waals surface area contributed by atoms with Gasteiger partial charge in [-0.15, -0.1) is 0 Å². The molecule has 2 aliphatic heterocycles. The molecular weight excluding hydrogens is 440 g/mol. The molecular formula is C29H30N2O4. The molecule has 1 aliphatic carbocycles. The number of benzene rings is 2. The summed E-state index contributed by atoms with van der Waals surface area (Å²) in [4.78, 5) is 55.7. The van der Waals surface area contributed by atoms with E-state index in [1.165, 1.54) is 9.80 Å². The van der Waals surface area contributed by atoms with Gasteiger partial charge in [0, 0.05) is 6.42 Å². The van der Waals surface area contributed by atoms with Crippen molar-refractivity contribution in [2.75, 3.05) is 9.80 Å². The van der Waals surface area contributed by atoms with Crippen molar-refractivity contribution in [2.24, 2.45) is 23.7 Å². The summed E-state index contributed by atoms with van der Waals surface area (Å²) in [5, 5.41) is 0. The van der Waals surface area contributed by atoms with Crippen LogP contribution in [0.4, 0.5) is 11.4 Å². The van der Waals surface area contributed by atoms with Gasteiger partial charge in [-0.05, 0) is 93.5 Å². The average Bonchev–Trinajstić information content (AvgIpc) is 3.24. The van der Waals surface area contributed by atoms with Gasteiger partial charge in [-0.2, -0.15) is 0 Å². The molecule has 6 nitrogen and oxygen atoms in total. The van der Waals surface area contributed by atoms with Gasteiger partial charge >= 0.3 is 0 Å². The van der Waals surface area contributed by atoms with Gasteiger partial charge in [-0.1, -0.05) is 23.8 Å². The van der Waals surface area contributed by atoms with Crippen LogP contribution in [-0.4, -0.2) is 23.6 Å². The van der Waals surface area contributed by atoms with E-state index in [0.29, 0.717) is 17.8 Å². The van der Waals surface area contributed by atoms with Crippen molar-refractivity contribution in [3.05, 3.63) is 70.3 Å². The molecule has 0 N–H and O–H groups in total. The van der Waals surface area contributed by atoms with Crippen molar-refractivity contribution >= 4 is 35.0 Å². The van der Waals surface area contributed by atoms with Crippen molar-refractivity contribution in [2.45, 2.75) is 47.5 Å². The molecule has 0 spiro atoms. The first-order valence-corrected chi connectivity index (χ1v) is 12.2. The number of allylic oxidation sites excluding steroid dienone is 1. The van der Waals surface area contributed by atoms with Crippen LogP contribution in [-0.2, 0) is 19.2 Å². The van der Waals surface area contributed by atoms with Gasteiger partial charge in [0.15, 0.2) is 0 Å². The van der Waals surface area contributed by atoms with Crippen molar-refractivity contribution in [3.8, 4) is 0 Å². The Morgan fingerprint density at radius 2 is 1.20 bits per heavy atom. The summed E-state index contributed by atoms with van der Waals surface area (Å²) >= 11 is 0. The molecule has 35 heavy (non-hydrogen) atoms. The number of aryl methyl sites for hydroxylation is 4. The third-order valence-electron chi connectivity index (χ3n) is 8.12. The molecule has 2 heterocycles. The number of carbonyl (C=O) groups is 4. The van der Waals surface area contributed by atoms with E-state index in [9.17, 15) is 19.2 Å². The topological polar surface area (TPSA) is 74.8 Å². The summed E-state index contributed by atoms with van der Waals surface area (Å²) in [6, 6.07) is 11.2. The summed E-state index contributed by atoms with van der Waals surface area (Å²) < 4.78 is 0. The minimum Gasteiger partial charge on any atom is -0.274 e. The SMILES string of the molecule is CC1=C[C@H]([C@H]2CC(=O)N(c3ccc(C)c(C)c3)C2=O)C[C@H]2C(=O)N(c3ccc(C)c(C)c3)C(=O)[C@H]12. The predicted octanol–water partition coefficient (Wildman–Crippen LogP) is 4.57. The molecule has 6 heteroatoms. The first-order valence-electron chi connectivity index (χ1n) is 12.2. The van der Waals surface area contributed by atoms with Crippen LogP contribution in [0.25, 0.3) is 0 Å². The fourth-order valence-electron chi connectivity index (χ4n) is 5.81. The van der Waals surface area contributed by atoms with E-state index in [4.69, 9.17) is 0 Å². The first-order chi connectivity index (χ1) is 16.6. The van der Waals surface area contributed by atoms with Gasteiger partial charge in [-0.3, -0.25) is 24.1 Å². The Balaban J connectivity index is 1.42. The number of fused-ring (bicyclic) bond motifs is 1. The van der Waals surface area contributed by atoms with E-state index in [1.807, 2.05) is 71.0 Å². The highest BCUT2D eigenvalue weighted by atomic mass is 16.2. The molecule has 2 aromatic rings. The van der Waals surface area contributed by atoms with Crippen molar-refractivity contribution in [1.29, 1.82) is 0 Å². The summed E-state index contributed by atoms with van der Waals surface area (Å²) in [5.41, 5.74) is 6.22. The Kier molecular flexibility index (Phi) is 5.50. The number of imide groups is 2. The molecule has 0 unspecified atom stereocenters. The summed E-state index contributed by atoms with van der Waals surface area (Å²) in [6.07, 6.45) is 2.45. The highest BCUT2D eigenvalue weighted by Crippen LogP contribution is 2.46. The smallest absolute Gasteiger partial charge is 0.241 e. The fraction of sp³-hybridized carbons (Fsp3) is 0.379. The van der Waals surface area contributed by atoms with Crippen molar-refractivity contribution < 1.29 is 19.2 Å². The number of anilines is 2. The third kappa shape index (κ3) is 3.63. The zero-order valence-electron chi connectivity index (χ0n) is 20.8. The van der Waals surface area contributed by atoms with Gasteiger partial charge < -0.3 is 0 Å². The predicted molar refractivity (Wildman–Crippen MR) is 134 cm³/mol. The molecule has 4 atom stereocenters. The molecule has 5 rings (SSSR count). The maximum absolute atomic E-state index is 13.5. The highest BCUT2D eigenvalue weighted by molar-refractivity contribution is 6.23. The number of hydrogen-bond acceptors (Lipinski definition) is 4. The zero-order valence-corrected chi connectivity index (χ0v) is 20.8. The van der Waals surface area contributed by atoms with Crippen LogP contribution in [0.2, 0.25) is 0 Å². The number of hydrogen-bond donors (Lipinski definition) is 0. The lowest BCUT2D eigenvalue weighted by Crippen LogP contribution is -2.35. The van der Waals surface area contributed by atoms with Gasteiger partial charge in [0.05, 0.1) is 29.1 Å². The number of nitrogens with zero attached hydrogens (tertiary/aromatic N) is 2. The van der Waals surface area contributed by atoms with E-state index in [0.717, 1.165) is 27.8 Å². The standard InChI is InChI=1S/C29H30N2O4/c1-15-6-8-21(11-17(15)3)30-25(32)14-23(27(30)33)20-10-19(5)26-24(13-20)28(34)31(29(26)35)22-9-7-16(2)18(4)12-22/h6-12,20,23-24,26H,13-14H2,1-5H3/t20-,23+,24+,26+/m0/s1. The first kappa shape index (κ1) is 23.2. The maximum atomic E-state index is 13.5. The highest BCUT2D eigenvalue weighted by Gasteiger charge is 2.54. The lowest BCUT2D eigenvalue weighted by atomic mass is 9.71. The van der Waals surface area contributed by atoms with E-state index < -0.39 is 17.8 Å². The van der Waals surface area contributed by atoms with Crippen LogP contribution < -0.4 is 9.80 Å². The molecule has 0 saturated carbocycles. The van der Waals surface area contributed by atoms with Crippen LogP contribution in [0, 0.1) is 51.4 Å². The molecule has 4 amide bonds. The van der Waals surface area contributed by atoms with E-state index in [-0.39, 0.29) is 36.0 Å². The zero-order chi connectivity index (χ0) is 25.2. The van der Waals surface area contributed by atoms with Gasteiger partial charge in [-0.25, -0.2) is 4.90 Å². The Morgan fingerprint density at radius 3 is 1.77 bits per heavy atom. The molecule has 0 aromatic heterocycles. The molecule has 0 radical (unpaired) electrons. The normalized spacial score (nSPS) is 26.5. The van der Waals surface area contributed by atoms with E-state index in [1.54, 1.807) is 6.07 Å². The Labute approximate surface area is 205 Å². The maximum Gasteiger partial charge on any atom is 0.241 e. The van der Waals surface area contributed by atoms with Crippen LogP contribution in [0.3, 0.4) is 0 Å². The Hall–Kier alpha value is -3.54. The van der Waals surface area contributed by atoms with Crippen LogP contribution >= 0.6 is 0 Å². The second-order valence-electron chi connectivity index (χ2n) is 10.3. The van der Waals surface area contributed by atoms with E-state index >= 15 is 0 Å². The number of amides is 4. The van der Waals surface area contributed by atoms with Crippen molar-refractivity contribution in [3.63, 3.8) is 0 Å². The second kappa shape index (κ2) is 8.29. The summed E-state index contributed by atoms with van der Waals surface area (Å²) in [5.74, 6) is -2.69. The lowest BCUT2D eigenvalue weighted by molar-refractivity contribution is -0.125. The average molecular weight is 471 g/mol. The van der Waals surface area contributed by atoms with Gasteiger partial charge in [0.1, 0.15) is 0 Å². The molecule has 2 fully saturated rings. The Bertz CT molecular complexity index is 1320. The third-order valence-corrected chi connectivity index (χ3v) is 8.12. The molecule has 2 aromatic carbocycles. The van der Waals surface area contributed by atoms with Gasteiger partial charge in [0.2, 0.25) is 23.6 Å². The lowest BCUT2D eigenvalue weighted by Gasteiger charge is -2.29. The minimum atomic E-state index is -0.529. The second-order valence-corrected chi connectivity index (χ2v) is 10.3. The fourth-order valence-corrected chi connectivity index (χ4v) is 5.81. The van der Waals surface area contributed by atoms with Crippen LogP contribution in [0.1, 0.15) is 42.0 Å². The van der Waals surface area contributed by atoms with Crippen LogP contribution in [0.5, 0.6) is 0 Å². The summed E-state index contributed by atoms with van der Waals surface area (Å²) in [6.45, 7) is 9.76. The van der Waals surface area contributed by atoms with Crippen molar-refractivity contribution in [1.82, 2.24) is 0 Å². The molecule has 3 aliphatic rings. The number of rotatable bonds is 3. The Morgan fingerprint density at radius 1 is 0.657 bits per heavy atom. The molecule has 2 saturated heterocycles. The summed E-state index contributed by atoms with van der Waals surface area (Å²) in [7, 11) is 0. The van der Waals surface area contributed by atoms with E-state index in [2.05, 4.69) is 0 Å². The van der Waals surface area contributed by atoms with Gasteiger partial charge in [0.25, 0.3) is 0 Å². The molecule has 0 bridgehead atoms. The largest absolute Gasteiger partial charge is 0.274 e. The minimum absolute atomic E-state index is 0.112. The quantitative estimate of drug-likeness (QED) is 0.486. The number of carbonyl (C=O) groups excluding carboxylic acids is 4.